The van der Waals surface area contributed by atoms with Crippen LogP contribution in [-0.2, 0) is 17.9 Å². The van der Waals surface area contributed by atoms with E-state index in [0.29, 0.717) is 29.3 Å². The van der Waals surface area contributed by atoms with Crippen LogP contribution in [0, 0.1) is 0 Å². The van der Waals surface area contributed by atoms with Crippen LogP contribution in [0.3, 0.4) is 0 Å². The van der Waals surface area contributed by atoms with Crippen LogP contribution < -0.4 is 15.4 Å². The second-order valence-corrected chi connectivity index (χ2v) is 5.93. The highest BCUT2D eigenvalue weighted by atomic mass is 16.5. The van der Waals surface area contributed by atoms with Crippen LogP contribution >= 0.6 is 0 Å². The average Bonchev–Trinajstić information content (AvgIpc) is 3.19. The first-order valence-electron chi connectivity index (χ1n) is 8.51. The lowest BCUT2D eigenvalue weighted by Crippen LogP contribution is -2.22. The largest absolute Gasteiger partial charge is 0.487 e. The Kier molecular flexibility index (Phi) is 5.89. The quantitative estimate of drug-likeness (QED) is 0.669. The fourth-order valence-electron chi connectivity index (χ4n) is 2.53. The molecule has 0 spiro atoms. The molecule has 0 aliphatic carbocycles. The van der Waals surface area contributed by atoms with Crippen molar-refractivity contribution in [3.8, 4) is 5.75 Å². The van der Waals surface area contributed by atoms with Gasteiger partial charge in [0.05, 0.1) is 18.5 Å². The molecule has 1 heterocycles. The van der Waals surface area contributed by atoms with Crippen molar-refractivity contribution in [2.75, 3.05) is 5.32 Å². The lowest BCUT2D eigenvalue weighted by atomic mass is 10.1. The maximum absolute atomic E-state index is 12.3. The average molecular weight is 364 g/mol. The summed E-state index contributed by atoms with van der Waals surface area (Å²) < 4.78 is 11.0. The lowest BCUT2D eigenvalue weighted by molar-refractivity contribution is -0.114. The molecule has 0 fully saturated rings. The maximum atomic E-state index is 12.3. The van der Waals surface area contributed by atoms with Gasteiger partial charge >= 0.3 is 0 Å². The van der Waals surface area contributed by atoms with E-state index in [0.717, 1.165) is 5.56 Å². The Morgan fingerprint density at radius 2 is 1.89 bits per heavy atom. The van der Waals surface area contributed by atoms with E-state index in [1.807, 2.05) is 18.2 Å². The van der Waals surface area contributed by atoms with Gasteiger partial charge in [0, 0.05) is 12.5 Å². The van der Waals surface area contributed by atoms with Crippen molar-refractivity contribution in [3.63, 3.8) is 0 Å². The molecule has 6 heteroatoms. The van der Waals surface area contributed by atoms with E-state index >= 15 is 0 Å². The van der Waals surface area contributed by atoms with E-state index in [1.54, 1.807) is 48.7 Å². The van der Waals surface area contributed by atoms with Gasteiger partial charge in [-0.2, -0.15) is 0 Å². The normalized spacial score (nSPS) is 10.3. The minimum Gasteiger partial charge on any atom is -0.487 e. The van der Waals surface area contributed by atoms with Crippen molar-refractivity contribution in [1.29, 1.82) is 0 Å². The molecule has 2 N–H and O–H groups in total. The van der Waals surface area contributed by atoms with E-state index in [2.05, 4.69) is 10.6 Å². The molecule has 2 aromatic carbocycles. The van der Waals surface area contributed by atoms with Gasteiger partial charge in [0.15, 0.2) is 0 Å². The summed E-state index contributed by atoms with van der Waals surface area (Å²) in [5.74, 6) is 0.908. The Bertz CT molecular complexity index is 919. The molecule has 0 saturated carbocycles. The molecule has 1 aromatic heterocycles. The highest BCUT2D eigenvalue weighted by molar-refractivity contribution is 5.94. The molecule has 3 rings (SSSR count). The van der Waals surface area contributed by atoms with Gasteiger partial charge in [-0.3, -0.25) is 9.59 Å². The number of anilines is 1. The molecular weight excluding hydrogens is 344 g/mol. The van der Waals surface area contributed by atoms with Crippen LogP contribution in [0.1, 0.15) is 28.6 Å². The molecule has 3 aromatic rings. The van der Waals surface area contributed by atoms with Crippen molar-refractivity contribution >= 4 is 17.5 Å². The summed E-state index contributed by atoms with van der Waals surface area (Å²) >= 11 is 0. The zero-order chi connectivity index (χ0) is 19.1. The Hall–Kier alpha value is -3.54. The Labute approximate surface area is 157 Å². The maximum Gasteiger partial charge on any atom is 0.251 e. The van der Waals surface area contributed by atoms with Gasteiger partial charge in [-0.15, -0.1) is 0 Å². The molecule has 27 heavy (non-hydrogen) atoms. The smallest absolute Gasteiger partial charge is 0.251 e. The number of furan rings is 1. The van der Waals surface area contributed by atoms with Crippen LogP contribution in [-0.4, -0.2) is 11.8 Å². The SMILES string of the molecule is CC(=O)Nc1ccccc1OCc1cccc(C(=O)NCc2ccco2)c1. The summed E-state index contributed by atoms with van der Waals surface area (Å²) in [6.45, 7) is 2.05. The molecule has 0 saturated heterocycles. The third-order valence-electron chi connectivity index (χ3n) is 3.78. The molecule has 6 nitrogen and oxygen atoms in total. The molecule has 2 amide bonds. The molecule has 0 aliphatic rings. The van der Waals surface area contributed by atoms with Crippen LogP contribution in [0.15, 0.2) is 71.3 Å². The zero-order valence-electron chi connectivity index (χ0n) is 14.9. The lowest BCUT2D eigenvalue weighted by Gasteiger charge is -2.12. The standard InChI is InChI=1S/C21H20N2O4/c1-15(24)23-19-9-2-3-10-20(19)27-14-16-6-4-7-17(12-16)21(25)22-13-18-8-5-11-26-18/h2-12H,13-14H2,1H3,(H,22,25)(H,23,24). The first-order chi connectivity index (χ1) is 13.1. The van der Waals surface area contributed by atoms with Gasteiger partial charge in [-0.25, -0.2) is 0 Å². The van der Waals surface area contributed by atoms with Gasteiger partial charge in [-0.05, 0) is 42.0 Å². The molecule has 0 aliphatic heterocycles. The molecular formula is C21H20N2O4. The van der Waals surface area contributed by atoms with E-state index in [9.17, 15) is 9.59 Å². The first-order valence-corrected chi connectivity index (χ1v) is 8.51. The fourth-order valence-corrected chi connectivity index (χ4v) is 2.53. The molecule has 0 bridgehead atoms. The minimum atomic E-state index is -0.188. The number of carbonyl (C=O) groups is 2. The van der Waals surface area contributed by atoms with Crippen molar-refractivity contribution < 1.29 is 18.7 Å². The van der Waals surface area contributed by atoms with Crippen molar-refractivity contribution in [2.24, 2.45) is 0 Å². The highest BCUT2D eigenvalue weighted by Crippen LogP contribution is 2.24. The van der Waals surface area contributed by atoms with Crippen LogP contribution in [0.4, 0.5) is 5.69 Å². The molecule has 138 valence electrons. The summed E-state index contributed by atoms with van der Waals surface area (Å²) in [4.78, 5) is 23.6. The Balaban J connectivity index is 1.62. The summed E-state index contributed by atoms with van der Waals surface area (Å²) in [5, 5.41) is 5.54. The topological polar surface area (TPSA) is 80.6 Å². The number of benzene rings is 2. The number of hydrogen-bond acceptors (Lipinski definition) is 4. The van der Waals surface area contributed by atoms with Gasteiger partial charge in [-0.1, -0.05) is 24.3 Å². The Morgan fingerprint density at radius 1 is 1.04 bits per heavy atom. The molecule has 0 atom stereocenters. The van der Waals surface area contributed by atoms with Gasteiger partial charge in [0.25, 0.3) is 5.91 Å². The number of carbonyl (C=O) groups excluding carboxylic acids is 2. The molecule has 0 radical (unpaired) electrons. The predicted molar refractivity (Wildman–Crippen MR) is 101 cm³/mol. The molecule has 0 unspecified atom stereocenters. The van der Waals surface area contributed by atoms with E-state index in [4.69, 9.17) is 9.15 Å². The number of para-hydroxylation sites is 2. The number of nitrogens with one attached hydrogen (secondary N) is 2. The summed E-state index contributed by atoms with van der Waals surface area (Å²) in [6, 6.07) is 18.0. The number of hydrogen-bond donors (Lipinski definition) is 2. The Morgan fingerprint density at radius 3 is 2.67 bits per heavy atom. The van der Waals surface area contributed by atoms with Crippen molar-refractivity contribution in [2.45, 2.75) is 20.1 Å². The van der Waals surface area contributed by atoms with Gasteiger partial charge in [0.1, 0.15) is 18.1 Å². The second kappa shape index (κ2) is 8.71. The number of amides is 2. The predicted octanol–water partition coefficient (Wildman–Crippen LogP) is 3.75. The first kappa shape index (κ1) is 18.3. The van der Waals surface area contributed by atoms with Crippen molar-refractivity contribution in [1.82, 2.24) is 5.32 Å². The third kappa shape index (κ3) is 5.22. The minimum absolute atomic E-state index is 0.165. The fraction of sp³-hybridized carbons (Fsp3) is 0.143. The summed E-state index contributed by atoms with van der Waals surface area (Å²) in [7, 11) is 0. The van der Waals surface area contributed by atoms with Gasteiger partial charge in [0.2, 0.25) is 5.91 Å². The van der Waals surface area contributed by atoms with E-state index in [-0.39, 0.29) is 18.4 Å². The van der Waals surface area contributed by atoms with Gasteiger partial charge < -0.3 is 19.8 Å². The van der Waals surface area contributed by atoms with Crippen molar-refractivity contribution in [3.05, 3.63) is 83.8 Å². The zero-order valence-corrected chi connectivity index (χ0v) is 14.9. The highest BCUT2D eigenvalue weighted by Gasteiger charge is 2.09. The van der Waals surface area contributed by atoms with Crippen LogP contribution in [0.25, 0.3) is 0 Å². The third-order valence-corrected chi connectivity index (χ3v) is 3.78. The second-order valence-electron chi connectivity index (χ2n) is 5.93. The van der Waals surface area contributed by atoms with E-state index in [1.165, 1.54) is 6.92 Å². The van der Waals surface area contributed by atoms with Crippen LogP contribution in [0.5, 0.6) is 5.75 Å². The number of rotatable bonds is 7. The summed E-state index contributed by atoms with van der Waals surface area (Å²) in [5.41, 5.74) is 1.99. The number of ether oxygens (including phenoxy) is 1. The van der Waals surface area contributed by atoms with Crippen LogP contribution in [0.2, 0.25) is 0 Å². The monoisotopic (exact) mass is 364 g/mol. The van der Waals surface area contributed by atoms with E-state index < -0.39 is 0 Å². The summed E-state index contributed by atoms with van der Waals surface area (Å²) in [6.07, 6.45) is 1.57.